The lowest BCUT2D eigenvalue weighted by Gasteiger charge is -2.40. The van der Waals surface area contributed by atoms with E-state index in [2.05, 4.69) is 0 Å². The van der Waals surface area contributed by atoms with Crippen molar-refractivity contribution in [3.05, 3.63) is 0 Å². The Morgan fingerprint density at radius 2 is 1.57 bits per heavy atom. The summed E-state index contributed by atoms with van der Waals surface area (Å²) in [7, 11) is 0. The van der Waals surface area contributed by atoms with E-state index in [0.717, 1.165) is 20.8 Å². The first-order chi connectivity index (χ1) is 9.72. The molecule has 1 fully saturated rings. The summed E-state index contributed by atoms with van der Waals surface area (Å²) in [4.78, 5) is 32.9. The Balaban J connectivity index is 2.94. The van der Waals surface area contributed by atoms with Crippen molar-refractivity contribution in [1.82, 2.24) is 0 Å². The molecule has 8 nitrogen and oxygen atoms in total. The standard InChI is InChI=1S/C12H17FO8/c1-5(14)18-4-8-10(19-6(2)15)11(20-7(3)16)9(13)12(17)21-8/h8-12,17H,4H2,1-3H3/t8-,9?,10-,11-,12?/m1/s1. The summed E-state index contributed by atoms with van der Waals surface area (Å²) < 4.78 is 33.2. The summed E-state index contributed by atoms with van der Waals surface area (Å²) in [6, 6.07) is 0. The molecule has 0 saturated carbocycles. The van der Waals surface area contributed by atoms with Gasteiger partial charge >= 0.3 is 17.9 Å². The van der Waals surface area contributed by atoms with E-state index in [0.29, 0.717) is 0 Å². The van der Waals surface area contributed by atoms with Crippen LogP contribution >= 0.6 is 0 Å². The minimum Gasteiger partial charge on any atom is -0.463 e. The number of carbonyl (C=O) groups is 3. The molecular formula is C12H17FO8. The second-order valence-electron chi connectivity index (χ2n) is 4.46. The zero-order valence-electron chi connectivity index (χ0n) is 11.8. The second kappa shape index (κ2) is 7.32. The maximum atomic E-state index is 13.9. The van der Waals surface area contributed by atoms with Gasteiger partial charge in [0.25, 0.3) is 0 Å². The van der Waals surface area contributed by atoms with Gasteiger partial charge in [0.15, 0.2) is 24.7 Å². The number of aliphatic hydroxyl groups excluding tert-OH is 1. The van der Waals surface area contributed by atoms with Crippen LogP contribution in [0.1, 0.15) is 20.8 Å². The first-order valence-corrected chi connectivity index (χ1v) is 6.17. The van der Waals surface area contributed by atoms with Crippen molar-refractivity contribution < 1.29 is 42.8 Å². The van der Waals surface area contributed by atoms with Crippen molar-refractivity contribution in [3.8, 4) is 0 Å². The Bertz CT molecular complexity index is 412. The van der Waals surface area contributed by atoms with Gasteiger partial charge in [-0.25, -0.2) is 4.39 Å². The van der Waals surface area contributed by atoms with Gasteiger partial charge in [-0.05, 0) is 0 Å². The first kappa shape index (κ1) is 17.3. The van der Waals surface area contributed by atoms with Crippen molar-refractivity contribution in [2.24, 2.45) is 0 Å². The average Bonchev–Trinajstić information content (AvgIpc) is 2.35. The number of hydrogen-bond acceptors (Lipinski definition) is 8. The molecule has 2 unspecified atom stereocenters. The maximum Gasteiger partial charge on any atom is 0.303 e. The molecule has 9 heteroatoms. The Kier molecular flexibility index (Phi) is 6.03. The van der Waals surface area contributed by atoms with Crippen LogP contribution in [0.2, 0.25) is 0 Å². The van der Waals surface area contributed by atoms with Crippen LogP contribution in [-0.2, 0) is 33.3 Å². The normalized spacial score (nSPS) is 32.1. The van der Waals surface area contributed by atoms with Crippen LogP contribution in [0.4, 0.5) is 4.39 Å². The van der Waals surface area contributed by atoms with Crippen LogP contribution in [-0.4, -0.2) is 60.4 Å². The van der Waals surface area contributed by atoms with Gasteiger partial charge in [0.05, 0.1) is 0 Å². The van der Waals surface area contributed by atoms with Crippen molar-refractivity contribution in [3.63, 3.8) is 0 Å². The third-order valence-electron chi connectivity index (χ3n) is 2.65. The van der Waals surface area contributed by atoms with E-state index >= 15 is 0 Å². The van der Waals surface area contributed by atoms with Crippen molar-refractivity contribution in [2.45, 2.75) is 51.5 Å². The van der Waals surface area contributed by atoms with Crippen LogP contribution in [0.15, 0.2) is 0 Å². The van der Waals surface area contributed by atoms with Crippen LogP contribution in [0.5, 0.6) is 0 Å². The topological polar surface area (TPSA) is 108 Å². The zero-order valence-corrected chi connectivity index (χ0v) is 11.8. The third-order valence-corrected chi connectivity index (χ3v) is 2.65. The minimum absolute atomic E-state index is 0.394. The van der Waals surface area contributed by atoms with Gasteiger partial charge in [-0.2, -0.15) is 0 Å². The number of aliphatic hydroxyl groups is 1. The lowest BCUT2D eigenvalue weighted by atomic mass is 9.99. The Hall–Kier alpha value is -1.74. The van der Waals surface area contributed by atoms with Crippen LogP contribution < -0.4 is 0 Å². The summed E-state index contributed by atoms with van der Waals surface area (Å²) in [6.45, 7) is 2.86. The number of esters is 3. The maximum absolute atomic E-state index is 13.9. The molecule has 1 N–H and O–H groups in total. The highest BCUT2D eigenvalue weighted by atomic mass is 19.1. The van der Waals surface area contributed by atoms with E-state index < -0.39 is 55.3 Å². The van der Waals surface area contributed by atoms with E-state index in [4.69, 9.17) is 18.9 Å². The zero-order chi connectivity index (χ0) is 16.2. The predicted octanol–water partition coefficient (Wildman–Crippen LogP) is -0.532. The third kappa shape index (κ3) is 4.94. The fraction of sp³-hybridized carbons (Fsp3) is 0.750. The van der Waals surface area contributed by atoms with E-state index in [1.54, 1.807) is 0 Å². The molecule has 0 radical (unpaired) electrons. The summed E-state index contributed by atoms with van der Waals surface area (Å²) in [5.74, 6) is -2.22. The molecule has 1 aliphatic rings. The van der Waals surface area contributed by atoms with Gasteiger partial charge in [0, 0.05) is 20.8 Å². The number of halogens is 1. The van der Waals surface area contributed by atoms with Crippen LogP contribution in [0.25, 0.3) is 0 Å². The lowest BCUT2D eigenvalue weighted by Crippen LogP contribution is -2.59. The molecule has 1 aliphatic heterocycles. The molecule has 1 rings (SSSR count). The Labute approximate surface area is 120 Å². The molecule has 0 spiro atoms. The number of hydrogen-bond donors (Lipinski definition) is 1. The highest BCUT2D eigenvalue weighted by Crippen LogP contribution is 2.27. The van der Waals surface area contributed by atoms with Gasteiger partial charge in [-0.15, -0.1) is 0 Å². The summed E-state index contributed by atoms with van der Waals surface area (Å²) in [6.07, 6.45) is -8.07. The fourth-order valence-electron chi connectivity index (χ4n) is 1.88. The molecule has 5 atom stereocenters. The minimum atomic E-state index is -2.10. The van der Waals surface area contributed by atoms with Gasteiger partial charge in [0.2, 0.25) is 0 Å². The number of rotatable bonds is 4. The number of alkyl halides is 1. The monoisotopic (exact) mass is 308 g/mol. The summed E-state index contributed by atoms with van der Waals surface area (Å²) in [5.41, 5.74) is 0. The molecule has 1 saturated heterocycles. The fourth-order valence-corrected chi connectivity index (χ4v) is 1.88. The van der Waals surface area contributed by atoms with E-state index in [-0.39, 0.29) is 0 Å². The quantitative estimate of drug-likeness (QED) is 0.545. The number of carbonyl (C=O) groups excluding carboxylic acids is 3. The smallest absolute Gasteiger partial charge is 0.303 e. The molecule has 120 valence electrons. The van der Waals surface area contributed by atoms with Gasteiger partial charge in [0.1, 0.15) is 12.7 Å². The summed E-state index contributed by atoms with van der Waals surface area (Å²) >= 11 is 0. The Morgan fingerprint density at radius 1 is 1.05 bits per heavy atom. The van der Waals surface area contributed by atoms with Gasteiger partial charge in [-0.3, -0.25) is 14.4 Å². The van der Waals surface area contributed by atoms with E-state index in [9.17, 15) is 23.9 Å². The molecule has 1 heterocycles. The highest BCUT2D eigenvalue weighted by Gasteiger charge is 2.50. The van der Waals surface area contributed by atoms with Gasteiger partial charge < -0.3 is 24.1 Å². The van der Waals surface area contributed by atoms with Crippen molar-refractivity contribution in [1.29, 1.82) is 0 Å². The van der Waals surface area contributed by atoms with Crippen LogP contribution in [0, 0.1) is 0 Å². The average molecular weight is 308 g/mol. The Morgan fingerprint density at radius 3 is 2.05 bits per heavy atom. The summed E-state index contributed by atoms with van der Waals surface area (Å²) in [5, 5.41) is 9.48. The number of ether oxygens (including phenoxy) is 4. The lowest BCUT2D eigenvalue weighted by molar-refractivity contribution is -0.279. The largest absolute Gasteiger partial charge is 0.463 e. The van der Waals surface area contributed by atoms with E-state index in [1.807, 2.05) is 0 Å². The van der Waals surface area contributed by atoms with Crippen molar-refractivity contribution >= 4 is 17.9 Å². The molecule has 0 amide bonds. The molecule has 0 aromatic heterocycles. The highest BCUT2D eigenvalue weighted by molar-refractivity contribution is 5.67. The molecule has 0 aromatic carbocycles. The molecule has 0 aliphatic carbocycles. The molecular weight excluding hydrogens is 291 g/mol. The van der Waals surface area contributed by atoms with Crippen LogP contribution in [0.3, 0.4) is 0 Å². The predicted molar refractivity (Wildman–Crippen MR) is 63.5 cm³/mol. The SMILES string of the molecule is CC(=O)OC[C@H]1OC(O)C(F)[C@@H](OC(C)=O)[C@@H]1OC(C)=O. The molecule has 0 bridgehead atoms. The molecule has 21 heavy (non-hydrogen) atoms. The molecule has 0 aromatic rings. The first-order valence-electron chi connectivity index (χ1n) is 6.17. The van der Waals surface area contributed by atoms with Crippen molar-refractivity contribution in [2.75, 3.05) is 6.61 Å². The van der Waals surface area contributed by atoms with E-state index in [1.165, 1.54) is 0 Å². The second-order valence-corrected chi connectivity index (χ2v) is 4.46. The van der Waals surface area contributed by atoms with Gasteiger partial charge in [-0.1, -0.05) is 0 Å².